The molecule has 2 atom stereocenters. The Morgan fingerprint density at radius 2 is 1.01 bits per heavy atom. The van der Waals surface area contributed by atoms with Gasteiger partial charge in [0.05, 0.1) is 55.4 Å². The van der Waals surface area contributed by atoms with Crippen LogP contribution in [0.25, 0.3) is 0 Å². The lowest BCUT2D eigenvalue weighted by molar-refractivity contribution is -0.146. The fourth-order valence-electron chi connectivity index (χ4n) is 8.93. The molecule has 21 heteroatoms. The van der Waals surface area contributed by atoms with Crippen molar-refractivity contribution in [1.82, 2.24) is 15.4 Å². The Hall–Kier alpha value is -5.27. The van der Waals surface area contributed by atoms with Crippen LogP contribution >= 0.6 is 46.4 Å². The lowest BCUT2D eigenvalue weighted by Crippen LogP contribution is -2.49. The van der Waals surface area contributed by atoms with Gasteiger partial charge in [0, 0.05) is 30.8 Å². The summed E-state index contributed by atoms with van der Waals surface area (Å²) in [4.78, 5) is 75.8. The highest BCUT2D eigenvalue weighted by Crippen LogP contribution is 2.42. The van der Waals surface area contributed by atoms with E-state index in [0.717, 1.165) is 50.3 Å². The summed E-state index contributed by atoms with van der Waals surface area (Å²) in [5, 5.41) is 21.7. The number of halogens is 4. The van der Waals surface area contributed by atoms with Gasteiger partial charge < -0.3 is 36.8 Å². The van der Waals surface area contributed by atoms with Crippen LogP contribution in [0, 0.1) is 10.8 Å². The van der Waals surface area contributed by atoms with Gasteiger partial charge in [0.15, 0.2) is 0 Å². The normalized spacial score (nSPS) is 15.5. The zero-order valence-corrected chi connectivity index (χ0v) is 43.1. The molecular formula is C50H58Cl4N6O10S. The molecule has 8 N–H and O–H groups in total. The van der Waals surface area contributed by atoms with Crippen LogP contribution in [0.3, 0.4) is 0 Å². The van der Waals surface area contributed by atoms with Gasteiger partial charge in [-0.05, 0) is 105 Å². The minimum Gasteiger partial charge on any atom is -0.480 e. The molecule has 0 aliphatic heterocycles. The van der Waals surface area contributed by atoms with Crippen LogP contribution < -0.4 is 31.7 Å². The van der Waals surface area contributed by atoms with Crippen LogP contribution in [0.4, 0.5) is 11.4 Å². The van der Waals surface area contributed by atoms with E-state index in [4.69, 9.17) is 56.9 Å². The fourth-order valence-corrected chi connectivity index (χ4v) is 10.5. The van der Waals surface area contributed by atoms with Crippen molar-refractivity contribution >= 4 is 103 Å². The van der Waals surface area contributed by atoms with Crippen molar-refractivity contribution < 1.29 is 47.0 Å². The number of benzene rings is 4. The van der Waals surface area contributed by atoms with Crippen LogP contribution in [-0.4, -0.2) is 87.6 Å². The van der Waals surface area contributed by atoms with Gasteiger partial charge >= 0.3 is 11.9 Å². The minimum absolute atomic E-state index is 0.0311. The van der Waals surface area contributed by atoms with E-state index in [-0.39, 0.29) is 62.4 Å². The number of carboxylic acids is 1. The number of sulfonamides is 1. The third-order valence-electron chi connectivity index (χ3n) is 12.8. The number of ether oxygens (including phenoxy) is 1. The summed E-state index contributed by atoms with van der Waals surface area (Å²) in [7, 11) is -2.10. The summed E-state index contributed by atoms with van der Waals surface area (Å²) >= 11 is 24.4. The monoisotopic (exact) mass is 1070 g/mol. The first-order valence-electron chi connectivity index (χ1n) is 23.0. The number of nitrogens with two attached hydrogens (primary N) is 1. The van der Waals surface area contributed by atoms with Gasteiger partial charge in [-0.3, -0.25) is 19.2 Å². The van der Waals surface area contributed by atoms with Crippen LogP contribution in [0.1, 0.15) is 96.1 Å². The number of amides is 4. The van der Waals surface area contributed by atoms with E-state index < -0.39 is 56.7 Å². The Morgan fingerprint density at radius 1 is 0.634 bits per heavy atom. The molecule has 2 saturated carbocycles. The van der Waals surface area contributed by atoms with Gasteiger partial charge in [0.25, 0.3) is 11.8 Å². The topological polar surface area (TPSA) is 252 Å². The fraction of sp³-hybridized carbons (Fsp3) is 0.400. The van der Waals surface area contributed by atoms with Crippen molar-refractivity contribution in [3.05, 3.63) is 127 Å². The van der Waals surface area contributed by atoms with Crippen molar-refractivity contribution in [1.29, 1.82) is 0 Å². The molecule has 0 saturated heterocycles. The van der Waals surface area contributed by atoms with E-state index in [2.05, 4.69) is 26.0 Å². The maximum absolute atomic E-state index is 13.2. The molecule has 71 heavy (non-hydrogen) atoms. The molecule has 0 bridgehead atoms. The highest BCUT2D eigenvalue weighted by atomic mass is 35.5. The van der Waals surface area contributed by atoms with Gasteiger partial charge in [-0.1, -0.05) is 108 Å². The molecule has 0 aromatic heterocycles. The van der Waals surface area contributed by atoms with Crippen molar-refractivity contribution in [3.63, 3.8) is 0 Å². The van der Waals surface area contributed by atoms with Gasteiger partial charge in [-0.25, -0.2) is 22.7 Å². The van der Waals surface area contributed by atoms with Crippen LogP contribution in [0.15, 0.2) is 84.9 Å². The molecule has 2 fully saturated rings. The van der Waals surface area contributed by atoms with Crippen molar-refractivity contribution in [2.24, 2.45) is 16.6 Å². The zero-order chi connectivity index (χ0) is 51.9. The predicted octanol–water partition coefficient (Wildman–Crippen LogP) is 8.21. The molecule has 6 rings (SSSR count). The lowest BCUT2D eigenvalue weighted by Gasteiger charge is -2.29. The summed E-state index contributed by atoms with van der Waals surface area (Å²) in [5.41, 5.74) is 7.21. The van der Waals surface area contributed by atoms with E-state index >= 15 is 0 Å². The van der Waals surface area contributed by atoms with Gasteiger partial charge in [-0.2, -0.15) is 0 Å². The average molecular weight is 1080 g/mol. The molecule has 382 valence electrons. The average Bonchev–Trinajstić information content (AvgIpc) is 4.01. The van der Waals surface area contributed by atoms with Crippen molar-refractivity contribution in [3.8, 4) is 0 Å². The number of rotatable bonds is 20. The molecule has 4 aromatic carbocycles. The predicted molar refractivity (Wildman–Crippen MR) is 276 cm³/mol. The van der Waals surface area contributed by atoms with E-state index in [0.29, 0.717) is 49.2 Å². The molecule has 2 aliphatic carbocycles. The Balaban J connectivity index is 0.000000265. The number of aliphatic carboxylic acids is 1. The number of hydrogen-bond donors (Lipinski definition) is 7. The summed E-state index contributed by atoms with van der Waals surface area (Å²) in [6.07, 6.45) is 8.49. The number of carbonyl (C=O) groups excluding carboxylic acids is 5. The van der Waals surface area contributed by atoms with Gasteiger partial charge in [-0.15, -0.1) is 0 Å². The second-order valence-electron chi connectivity index (χ2n) is 17.7. The molecule has 2 aliphatic rings. The molecule has 0 spiro atoms. The Kier molecular flexibility index (Phi) is 20.7. The molecule has 4 aromatic rings. The van der Waals surface area contributed by atoms with Gasteiger partial charge in [0.1, 0.15) is 12.1 Å². The van der Waals surface area contributed by atoms with E-state index in [1.165, 1.54) is 7.11 Å². The van der Waals surface area contributed by atoms with Crippen LogP contribution in [-0.2, 0) is 46.8 Å². The quantitative estimate of drug-likeness (QED) is 0.0415. The summed E-state index contributed by atoms with van der Waals surface area (Å²) < 4.78 is 30.2. The third-order valence-corrected chi connectivity index (χ3v) is 14.7. The van der Waals surface area contributed by atoms with Crippen LogP contribution in [0.5, 0.6) is 0 Å². The number of hydrogen-bond acceptors (Lipinski definition) is 10. The molecule has 0 unspecified atom stereocenters. The Bertz CT molecular complexity index is 2620. The second kappa shape index (κ2) is 25.9. The second-order valence-corrected chi connectivity index (χ2v) is 21.2. The number of methoxy groups -OCH3 is 1. The maximum atomic E-state index is 13.2. The van der Waals surface area contributed by atoms with E-state index in [9.17, 15) is 42.3 Å². The van der Waals surface area contributed by atoms with E-state index in [1.54, 1.807) is 84.9 Å². The smallest absolute Gasteiger partial charge is 0.328 e. The maximum Gasteiger partial charge on any atom is 0.328 e. The lowest BCUT2D eigenvalue weighted by atomic mass is 9.81. The first kappa shape index (κ1) is 56.6. The minimum atomic E-state index is -3.39. The number of anilines is 2. The van der Waals surface area contributed by atoms with Crippen molar-refractivity contribution in [2.45, 2.75) is 89.1 Å². The summed E-state index contributed by atoms with van der Waals surface area (Å²) in [6.45, 7) is 0.527. The SMILES string of the molecule is COC(=O)[C@H](Cc1ccc(NC(=O)c2c(Cl)cccc2Cl)cc1)NC(=O)C1(CCN)CCCC1.CS(=O)(=O)NCCC1(C(=O)N[C@@H](Cc2ccc(NC(=O)c3c(Cl)cccc3Cl)cc2)C(=O)O)CCCC1. The molecule has 0 heterocycles. The zero-order valence-electron chi connectivity index (χ0n) is 39.3. The van der Waals surface area contributed by atoms with Crippen LogP contribution in [0.2, 0.25) is 20.1 Å². The molecule has 16 nitrogen and oxygen atoms in total. The number of nitrogens with one attached hydrogen (secondary N) is 5. The Labute approximate surface area is 433 Å². The number of esters is 1. The van der Waals surface area contributed by atoms with Crippen molar-refractivity contribution in [2.75, 3.05) is 37.1 Å². The van der Waals surface area contributed by atoms with Gasteiger partial charge in [0.2, 0.25) is 21.8 Å². The molecule has 4 amide bonds. The number of carboxylic acid groups (broad SMARTS) is 1. The first-order valence-corrected chi connectivity index (χ1v) is 26.4. The molecule has 0 radical (unpaired) electrons. The third kappa shape index (κ3) is 15.9. The summed E-state index contributed by atoms with van der Waals surface area (Å²) in [5.74, 6) is -3.13. The summed E-state index contributed by atoms with van der Waals surface area (Å²) in [6, 6.07) is 21.1. The first-order chi connectivity index (χ1) is 33.7. The largest absolute Gasteiger partial charge is 0.480 e. The standard InChI is InChI=1S/C25H29Cl2N3O6S.C25H29Cl2N3O4/c1-37(35,36)28-14-13-25(11-2-3-12-25)24(34)30-20(23(32)33)15-16-7-9-17(10-8-16)29-22(31)21-18(26)5-4-6-19(21)27;1-34-23(32)20(30-24(33)25(13-14-28)11-2-3-12-25)15-16-7-9-17(10-8-16)29-22(31)21-18(26)5-4-6-19(21)27/h4-10,20,28H,2-3,11-15H2,1H3,(H,29,31)(H,30,34)(H,32,33);4-10,20H,2-3,11-15,28H2,1H3,(H,29,31)(H,30,33)/t2*20-/m00/s1. The highest BCUT2D eigenvalue weighted by Gasteiger charge is 2.43. The van der Waals surface area contributed by atoms with E-state index in [1.807, 2.05) is 0 Å². The molecular weight excluding hydrogens is 1020 g/mol. The Morgan fingerprint density at radius 3 is 1.38 bits per heavy atom. The number of carbonyl (C=O) groups is 6. The highest BCUT2D eigenvalue weighted by molar-refractivity contribution is 7.88.